The molecule has 0 spiro atoms. The van der Waals surface area contributed by atoms with Crippen molar-refractivity contribution in [1.82, 2.24) is 10.6 Å². The summed E-state index contributed by atoms with van der Waals surface area (Å²) in [4.78, 5) is 12.3. The molecular formula is C18H23BrN2O2. The normalized spacial score (nSPS) is 12.9. The van der Waals surface area contributed by atoms with Gasteiger partial charge in [-0.2, -0.15) is 0 Å². The third-order valence-electron chi connectivity index (χ3n) is 3.60. The van der Waals surface area contributed by atoms with Crippen LogP contribution in [0.1, 0.15) is 25.8 Å². The van der Waals surface area contributed by atoms with E-state index >= 15 is 0 Å². The maximum Gasteiger partial charge on any atom is 0.166 e. The van der Waals surface area contributed by atoms with Crippen LogP contribution in [0.2, 0.25) is 0 Å². The van der Waals surface area contributed by atoms with Gasteiger partial charge in [-0.3, -0.25) is 4.79 Å². The number of hydrogen-bond donors (Lipinski definition) is 3. The van der Waals surface area contributed by atoms with E-state index in [4.69, 9.17) is 0 Å². The molecule has 1 aromatic carbocycles. The topological polar surface area (TPSA) is 61.4 Å². The van der Waals surface area contributed by atoms with Crippen molar-refractivity contribution in [3.05, 3.63) is 58.9 Å². The van der Waals surface area contributed by atoms with E-state index in [9.17, 15) is 9.90 Å². The molecule has 0 saturated heterocycles. The third kappa shape index (κ3) is 4.73. The van der Waals surface area contributed by atoms with E-state index in [1.54, 1.807) is 25.2 Å². The third-order valence-corrected chi connectivity index (χ3v) is 4.47. The Morgan fingerprint density at radius 2 is 1.96 bits per heavy atom. The molecule has 1 atom stereocenters. The molecule has 0 heterocycles. The molecule has 4 nitrogen and oxygen atoms in total. The smallest absolute Gasteiger partial charge is 0.166 e. The largest absolute Gasteiger partial charge is 0.507 e. The van der Waals surface area contributed by atoms with Crippen molar-refractivity contribution in [1.29, 1.82) is 0 Å². The number of carbonyl (C=O) groups excluding carboxylic acids is 1. The average molecular weight is 379 g/mol. The first kappa shape index (κ1) is 19.0. The van der Waals surface area contributed by atoms with Crippen molar-refractivity contribution in [2.45, 2.75) is 20.3 Å². The highest BCUT2D eigenvalue weighted by molar-refractivity contribution is 9.12. The first-order valence-corrected chi connectivity index (χ1v) is 8.18. The first-order chi connectivity index (χ1) is 10.8. The summed E-state index contributed by atoms with van der Waals surface area (Å²) < 4.78 is 0.543. The molecule has 0 aliphatic rings. The predicted molar refractivity (Wildman–Crippen MR) is 98.9 cm³/mol. The summed E-state index contributed by atoms with van der Waals surface area (Å²) in [6.07, 6.45) is 0.755. The van der Waals surface area contributed by atoms with Gasteiger partial charge in [0.1, 0.15) is 11.6 Å². The number of ketones is 1. The van der Waals surface area contributed by atoms with Gasteiger partial charge < -0.3 is 15.7 Å². The van der Waals surface area contributed by atoms with Crippen molar-refractivity contribution in [3.63, 3.8) is 0 Å². The van der Waals surface area contributed by atoms with Gasteiger partial charge in [0, 0.05) is 29.8 Å². The molecular weight excluding hydrogens is 356 g/mol. The molecule has 5 heteroatoms. The lowest BCUT2D eigenvalue weighted by atomic mass is 9.98. The molecule has 0 aliphatic carbocycles. The molecule has 0 amide bonds. The van der Waals surface area contributed by atoms with E-state index in [-0.39, 0.29) is 17.5 Å². The zero-order valence-electron chi connectivity index (χ0n) is 13.7. The van der Waals surface area contributed by atoms with Crippen molar-refractivity contribution < 1.29 is 9.90 Å². The second kappa shape index (κ2) is 8.58. The number of Topliss-reactive ketones (excluding diaryl/α,β-unsaturated/α-hetero) is 1. The van der Waals surface area contributed by atoms with Gasteiger partial charge in [-0.05, 0) is 34.5 Å². The Hall–Kier alpha value is -2.01. The second-order valence-electron chi connectivity index (χ2n) is 5.21. The number of nitrogens with one attached hydrogen (secondary N) is 2. The SMILES string of the molecule is C=C(C(=O)C(C)CC)/C(Br)=C(\NC)NC(=C)c1ccccc1O. The van der Waals surface area contributed by atoms with E-state index in [0.29, 0.717) is 27.1 Å². The minimum absolute atomic E-state index is 0.0119. The Morgan fingerprint density at radius 3 is 2.48 bits per heavy atom. The zero-order valence-corrected chi connectivity index (χ0v) is 15.3. The van der Waals surface area contributed by atoms with Gasteiger partial charge in [0.05, 0.1) is 4.48 Å². The highest BCUT2D eigenvalue weighted by atomic mass is 79.9. The minimum atomic E-state index is -0.0884. The molecule has 3 N–H and O–H groups in total. The van der Waals surface area contributed by atoms with Crippen molar-refractivity contribution >= 4 is 27.4 Å². The van der Waals surface area contributed by atoms with Gasteiger partial charge in [0.15, 0.2) is 5.78 Å². The molecule has 1 rings (SSSR count). The van der Waals surface area contributed by atoms with Crippen LogP contribution < -0.4 is 10.6 Å². The number of hydrogen-bond acceptors (Lipinski definition) is 4. The summed E-state index contributed by atoms with van der Waals surface area (Å²) in [7, 11) is 1.72. The van der Waals surface area contributed by atoms with E-state index in [0.717, 1.165) is 6.42 Å². The molecule has 1 aromatic rings. The minimum Gasteiger partial charge on any atom is -0.507 e. The second-order valence-corrected chi connectivity index (χ2v) is 6.00. The lowest BCUT2D eigenvalue weighted by molar-refractivity contribution is -0.118. The molecule has 0 fully saturated rings. The Bertz CT molecular complexity index is 650. The molecule has 0 aromatic heterocycles. The molecule has 0 saturated carbocycles. The van der Waals surface area contributed by atoms with Crippen molar-refractivity contribution in [2.75, 3.05) is 7.05 Å². The highest BCUT2D eigenvalue weighted by Gasteiger charge is 2.19. The van der Waals surface area contributed by atoms with Crippen LogP contribution in [-0.4, -0.2) is 17.9 Å². The molecule has 0 radical (unpaired) electrons. The van der Waals surface area contributed by atoms with Crippen molar-refractivity contribution in [3.8, 4) is 5.75 Å². The van der Waals surface area contributed by atoms with Gasteiger partial charge in [-0.15, -0.1) is 0 Å². The molecule has 0 aliphatic heterocycles. The van der Waals surface area contributed by atoms with Crippen LogP contribution in [0.3, 0.4) is 0 Å². The molecule has 23 heavy (non-hydrogen) atoms. The summed E-state index contributed by atoms with van der Waals surface area (Å²) in [5.41, 5.74) is 1.48. The number of rotatable bonds is 8. The molecule has 1 unspecified atom stereocenters. The number of phenols is 1. The standard InChI is InChI=1S/C18H23BrN2O2/c1-6-11(2)17(23)12(3)16(19)18(20-5)21-13(4)14-9-7-8-10-15(14)22/h7-11,20-22H,3-4,6H2,1-2,5H3/b18-16-. The fourth-order valence-corrected chi connectivity index (χ4v) is 2.41. The lowest BCUT2D eigenvalue weighted by Crippen LogP contribution is -2.25. The van der Waals surface area contributed by atoms with Gasteiger partial charge in [-0.1, -0.05) is 39.1 Å². The van der Waals surface area contributed by atoms with Crippen molar-refractivity contribution in [2.24, 2.45) is 5.92 Å². The maximum atomic E-state index is 12.3. The van der Waals surface area contributed by atoms with Crippen LogP contribution in [-0.2, 0) is 4.79 Å². The predicted octanol–water partition coefficient (Wildman–Crippen LogP) is 3.91. The summed E-state index contributed by atoms with van der Waals surface area (Å²) in [6, 6.07) is 6.89. The van der Waals surface area contributed by atoms with Crippen LogP contribution in [0.25, 0.3) is 5.70 Å². The number of aromatic hydroxyl groups is 1. The summed E-state index contributed by atoms with van der Waals surface area (Å²) >= 11 is 3.42. The van der Waals surface area contributed by atoms with Gasteiger partial charge >= 0.3 is 0 Å². The Morgan fingerprint density at radius 1 is 1.35 bits per heavy atom. The van der Waals surface area contributed by atoms with Crippen LogP contribution in [0, 0.1) is 5.92 Å². The number of carbonyl (C=O) groups is 1. The van der Waals surface area contributed by atoms with Gasteiger partial charge in [0.2, 0.25) is 0 Å². The fourth-order valence-electron chi connectivity index (χ4n) is 1.92. The molecule has 0 bridgehead atoms. The summed E-state index contributed by atoms with van der Waals surface area (Å²) in [6.45, 7) is 11.6. The first-order valence-electron chi connectivity index (χ1n) is 7.38. The highest BCUT2D eigenvalue weighted by Crippen LogP contribution is 2.26. The Balaban J connectivity index is 3.03. The van der Waals surface area contributed by atoms with E-state index in [1.165, 1.54) is 0 Å². The quantitative estimate of drug-likeness (QED) is 0.474. The van der Waals surface area contributed by atoms with E-state index in [2.05, 4.69) is 39.7 Å². The summed E-state index contributed by atoms with van der Waals surface area (Å²) in [5.74, 6) is 0.586. The number of benzene rings is 1. The average Bonchev–Trinajstić information content (AvgIpc) is 2.57. The lowest BCUT2D eigenvalue weighted by Gasteiger charge is -2.18. The van der Waals surface area contributed by atoms with Gasteiger partial charge in [-0.25, -0.2) is 0 Å². The van der Waals surface area contributed by atoms with Crippen LogP contribution in [0.4, 0.5) is 0 Å². The zero-order chi connectivity index (χ0) is 17.6. The number of para-hydroxylation sites is 1. The number of phenolic OH excluding ortho intramolecular Hbond substituents is 1. The van der Waals surface area contributed by atoms with Crippen LogP contribution in [0.5, 0.6) is 5.75 Å². The molecule has 124 valence electrons. The Kier molecular flexibility index (Phi) is 7.10. The Labute approximate surface area is 146 Å². The van der Waals surface area contributed by atoms with Gasteiger partial charge in [0.25, 0.3) is 0 Å². The van der Waals surface area contributed by atoms with E-state index < -0.39 is 0 Å². The maximum absolute atomic E-state index is 12.3. The van der Waals surface area contributed by atoms with E-state index in [1.807, 2.05) is 19.9 Å². The van der Waals surface area contributed by atoms with Crippen LogP contribution >= 0.6 is 15.9 Å². The fraction of sp³-hybridized carbons (Fsp3) is 0.278. The number of allylic oxidation sites excluding steroid dienone is 2. The monoisotopic (exact) mass is 378 g/mol. The summed E-state index contributed by atoms with van der Waals surface area (Å²) in [5, 5.41) is 15.9. The number of halogens is 1. The van der Waals surface area contributed by atoms with Crippen LogP contribution in [0.15, 0.2) is 53.3 Å².